The molecule has 5 nitrogen and oxygen atoms in total. The lowest BCUT2D eigenvalue weighted by atomic mass is 9.98. The van der Waals surface area contributed by atoms with Crippen molar-refractivity contribution < 1.29 is 0 Å². The standard InChI is InChI=1S/C14H21N5/c1-19-9-17-13-12(19)6-7-16-14(13)18-11(8-15)10-4-2-3-5-10/h6-7,9-11H,2-5,8,15H2,1H3,(H,16,18). The smallest absolute Gasteiger partial charge is 0.154 e. The van der Waals surface area contributed by atoms with Crippen molar-refractivity contribution in [2.45, 2.75) is 31.7 Å². The number of anilines is 1. The van der Waals surface area contributed by atoms with E-state index in [1.165, 1.54) is 25.7 Å². The van der Waals surface area contributed by atoms with E-state index in [1.54, 1.807) is 0 Å². The Labute approximate surface area is 113 Å². The Hall–Kier alpha value is -1.62. The quantitative estimate of drug-likeness (QED) is 0.880. The molecule has 3 rings (SSSR count). The van der Waals surface area contributed by atoms with Gasteiger partial charge in [0, 0.05) is 25.8 Å². The van der Waals surface area contributed by atoms with Crippen LogP contribution < -0.4 is 11.1 Å². The molecule has 1 aliphatic carbocycles. The minimum absolute atomic E-state index is 0.308. The molecule has 1 unspecified atom stereocenters. The maximum Gasteiger partial charge on any atom is 0.154 e. The second-order valence-electron chi connectivity index (χ2n) is 5.41. The van der Waals surface area contributed by atoms with Crippen molar-refractivity contribution in [3.63, 3.8) is 0 Å². The second kappa shape index (κ2) is 5.17. The number of hydrogen-bond acceptors (Lipinski definition) is 4. The maximum absolute atomic E-state index is 5.93. The number of rotatable bonds is 4. The topological polar surface area (TPSA) is 68.8 Å². The van der Waals surface area contributed by atoms with E-state index in [-0.39, 0.29) is 0 Å². The Morgan fingerprint density at radius 2 is 2.21 bits per heavy atom. The van der Waals surface area contributed by atoms with Gasteiger partial charge in [-0.3, -0.25) is 0 Å². The number of hydrogen-bond donors (Lipinski definition) is 2. The van der Waals surface area contributed by atoms with Gasteiger partial charge in [0.25, 0.3) is 0 Å². The van der Waals surface area contributed by atoms with Crippen molar-refractivity contribution in [2.75, 3.05) is 11.9 Å². The highest BCUT2D eigenvalue weighted by Gasteiger charge is 2.24. The Bertz CT molecular complexity index is 556. The van der Waals surface area contributed by atoms with Crippen molar-refractivity contribution in [3.8, 4) is 0 Å². The molecular weight excluding hydrogens is 238 g/mol. The third kappa shape index (κ3) is 2.30. The number of aryl methyl sites for hydroxylation is 1. The van der Waals surface area contributed by atoms with Crippen LogP contribution in [0.15, 0.2) is 18.6 Å². The fraction of sp³-hybridized carbons (Fsp3) is 0.571. The van der Waals surface area contributed by atoms with Gasteiger partial charge in [-0.2, -0.15) is 0 Å². The zero-order valence-electron chi connectivity index (χ0n) is 11.3. The Kier molecular flexibility index (Phi) is 3.38. The lowest BCUT2D eigenvalue weighted by Crippen LogP contribution is -2.35. The normalized spacial score (nSPS) is 18.0. The first-order valence-electron chi connectivity index (χ1n) is 7.02. The number of aromatic nitrogens is 3. The van der Waals surface area contributed by atoms with Crippen LogP contribution in [0.25, 0.3) is 11.0 Å². The largest absolute Gasteiger partial charge is 0.364 e. The van der Waals surface area contributed by atoms with Gasteiger partial charge in [-0.05, 0) is 24.8 Å². The summed E-state index contributed by atoms with van der Waals surface area (Å²) in [6, 6.07) is 2.29. The van der Waals surface area contributed by atoms with Gasteiger partial charge in [-0.1, -0.05) is 12.8 Å². The lowest BCUT2D eigenvalue weighted by Gasteiger charge is -2.23. The second-order valence-corrected chi connectivity index (χ2v) is 5.41. The zero-order chi connectivity index (χ0) is 13.2. The van der Waals surface area contributed by atoms with Crippen molar-refractivity contribution in [3.05, 3.63) is 18.6 Å². The summed E-state index contributed by atoms with van der Waals surface area (Å²) in [6.45, 7) is 0.648. The van der Waals surface area contributed by atoms with Crippen LogP contribution in [0.4, 0.5) is 5.82 Å². The molecular formula is C14H21N5. The number of nitrogens with zero attached hydrogens (tertiary/aromatic N) is 3. The average molecular weight is 259 g/mol. The Morgan fingerprint density at radius 1 is 1.42 bits per heavy atom. The molecule has 0 amide bonds. The molecule has 1 fully saturated rings. The van der Waals surface area contributed by atoms with Gasteiger partial charge in [0.05, 0.1) is 11.8 Å². The van der Waals surface area contributed by atoms with E-state index in [0.717, 1.165) is 16.9 Å². The first-order chi connectivity index (χ1) is 9.29. The van der Waals surface area contributed by atoms with Gasteiger partial charge in [-0.25, -0.2) is 9.97 Å². The van der Waals surface area contributed by atoms with Gasteiger partial charge in [0.2, 0.25) is 0 Å². The summed E-state index contributed by atoms with van der Waals surface area (Å²) >= 11 is 0. The molecule has 3 N–H and O–H groups in total. The van der Waals surface area contributed by atoms with E-state index in [1.807, 2.05) is 30.2 Å². The predicted molar refractivity (Wildman–Crippen MR) is 76.9 cm³/mol. The molecule has 19 heavy (non-hydrogen) atoms. The van der Waals surface area contributed by atoms with Crippen molar-refractivity contribution in [1.29, 1.82) is 0 Å². The van der Waals surface area contributed by atoms with Gasteiger partial charge < -0.3 is 15.6 Å². The molecule has 2 aromatic rings. The fourth-order valence-electron chi connectivity index (χ4n) is 3.07. The summed E-state index contributed by atoms with van der Waals surface area (Å²) in [5.41, 5.74) is 7.96. The SMILES string of the molecule is Cn1cnc2c(NC(CN)C3CCCC3)nccc21. The maximum atomic E-state index is 5.93. The average Bonchev–Trinajstić information content (AvgIpc) is 3.07. The van der Waals surface area contributed by atoms with E-state index in [2.05, 4.69) is 15.3 Å². The highest BCUT2D eigenvalue weighted by Crippen LogP contribution is 2.29. The minimum Gasteiger partial charge on any atom is -0.364 e. The monoisotopic (exact) mass is 259 g/mol. The first kappa shape index (κ1) is 12.4. The van der Waals surface area contributed by atoms with E-state index in [4.69, 9.17) is 5.73 Å². The number of nitrogens with one attached hydrogen (secondary N) is 1. The molecule has 0 radical (unpaired) electrons. The van der Waals surface area contributed by atoms with Crippen LogP contribution in [0.2, 0.25) is 0 Å². The number of pyridine rings is 1. The van der Waals surface area contributed by atoms with Gasteiger partial charge in [0.15, 0.2) is 5.82 Å². The van der Waals surface area contributed by atoms with Gasteiger partial charge in [-0.15, -0.1) is 0 Å². The number of fused-ring (bicyclic) bond motifs is 1. The van der Waals surface area contributed by atoms with E-state index < -0.39 is 0 Å². The molecule has 1 saturated carbocycles. The molecule has 2 aromatic heterocycles. The molecule has 5 heteroatoms. The van der Waals surface area contributed by atoms with E-state index in [9.17, 15) is 0 Å². The molecule has 0 aliphatic heterocycles. The molecule has 1 aliphatic rings. The van der Waals surface area contributed by atoms with Crippen LogP contribution in [-0.2, 0) is 7.05 Å². The molecule has 1 atom stereocenters. The van der Waals surface area contributed by atoms with Crippen LogP contribution >= 0.6 is 0 Å². The molecule has 0 bridgehead atoms. The molecule has 0 saturated heterocycles. The lowest BCUT2D eigenvalue weighted by molar-refractivity contribution is 0.461. The summed E-state index contributed by atoms with van der Waals surface area (Å²) in [4.78, 5) is 8.87. The van der Waals surface area contributed by atoms with Crippen molar-refractivity contribution in [1.82, 2.24) is 14.5 Å². The fourth-order valence-corrected chi connectivity index (χ4v) is 3.07. The summed E-state index contributed by atoms with van der Waals surface area (Å²) in [5, 5.41) is 3.52. The predicted octanol–water partition coefficient (Wildman–Crippen LogP) is 1.90. The Balaban J connectivity index is 1.87. The molecule has 102 valence electrons. The van der Waals surface area contributed by atoms with Crippen LogP contribution in [0.3, 0.4) is 0 Å². The summed E-state index contributed by atoms with van der Waals surface area (Å²) in [6.07, 6.45) is 8.84. The number of imidazole rings is 1. The third-order valence-corrected chi connectivity index (χ3v) is 4.19. The van der Waals surface area contributed by atoms with Gasteiger partial charge >= 0.3 is 0 Å². The zero-order valence-corrected chi connectivity index (χ0v) is 11.3. The molecule has 0 spiro atoms. The van der Waals surface area contributed by atoms with E-state index in [0.29, 0.717) is 18.5 Å². The van der Waals surface area contributed by atoms with Crippen LogP contribution in [-0.4, -0.2) is 27.1 Å². The summed E-state index contributed by atoms with van der Waals surface area (Å²) < 4.78 is 2.01. The van der Waals surface area contributed by atoms with Crippen LogP contribution in [0.5, 0.6) is 0 Å². The molecule has 2 heterocycles. The summed E-state index contributed by atoms with van der Waals surface area (Å²) in [7, 11) is 2.00. The highest BCUT2D eigenvalue weighted by atomic mass is 15.1. The van der Waals surface area contributed by atoms with Crippen LogP contribution in [0, 0.1) is 5.92 Å². The van der Waals surface area contributed by atoms with E-state index >= 15 is 0 Å². The van der Waals surface area contributed by atoms with Crippen molar-refractivity contribution >= 4 is 16.9 Å². The third-order valence-electron chi connectivity index (χ3n) is 4.19. The van der Waals surface area contributed by atoms with Gasteiger partial charge in [0.1, 0.15) is 5.52 Å². The van der Waals surface area contributed by atoms with Crippen molar-refractivity contribution in [2.24, 2.45) is 18.7 Å². The first-order valence-corrected chi connectivity index (χ1v) is 7.02. The highest BCUT2D eigenvalue weighted by molar-refractivity contribution is 5.85. The Morgan fingerprint density at radius 3 is 2.95 bits per heavy atom. The summed E-state index contributed by atoms with van der Waals surface area (Å²) in [5.74, 6) is 1.53. The number of nitrogens with two attached hydrogens (primary N) is 1. The minimum atomic E-state index is 0.308. The van der Waals surface area contributed by atoms with Crippen LogP contribution in [0.1, 0.15) is 25.7 Å². The molecule has 0 aromatic carbocycles.